The smallest absolute Gasteiger partial charge is 0.155 e. The Morgan fingerprint density at radius 3 is 2.60 bits per heavy atom. The molecule has 0 fully saturated rings. The van der Waals surface area contributed by atoms with Gasteiger partial charge in [0.15, 0.2) is 5.65 Å². The highest BCUT2D eigenvalue weighted by molar-refractivity contribution is 7.08. The van der Waals surface area contributed by atoms with E-state index in [1.54, 1.807) is 11.3 Å². The molecule has 0 unspecified atom stereocenters. The third-order valence-electron chi connectivity index (χ3n) is 3.28. The van der Waals surface area contributed by atoms with Crippen LogP contribution in [0.2, 0.25) is 0 Å². The maximum Gasteiger partial charge on any atom is 0.155 e. The van der Waals surface area contributed by atoms with Crippen molar-refractivity contribution in [1.29, 1.82) is 0 Å². The molecular formula is C16H11N3S. The number of imidazole rings is 1. The first kappa shape index (κ1) is 11.4. The van der Waals surface area contributed by atoms with Crippen molar-refractivity contribution in [3.05, 3.63) is 65.7 Å². The monoisotopic (exact) mass is 277 g/mol. The summed E-state index contributed by atoms with van der Waals surface area (Å²) in [6, 6.07) is 12.4. The van der Waals surface area contributed by atoms with Crippen molar-refractivity contribution in [2.45, 2.75) is 0 Å². The number of hydrogen-bond acceptors (Lipinski definition) is 3. The summed E-state index contributed by atoms with van der Waals surface area (Å²) in [5, 5.41) is 4.17. The van der Waals surface area contributed by atoms with Crippen LogP contribution in [0.4, 0.5) is 0 Å². The van der Waals surface area contributed by atoms with Crippen molar-refractivity contribution in [3.8, 4) is 22.5 Å². The summed E-state index contributed by atoms with van der Waals surface area (Å²) >= 11 is 1.68. The summed E-state index contributed by atoms with van der Waals surface area (Å²) in [5.41, 5.74) is 5.21. The van der Waals surface area contributed by atoms with Crippen LogP contribution in [0, 0.1) is 0 Å². The van der Waals surface area contributed by atoms with Crippen LogP contribution in [0.15, 0.2) is 65.7 Å². The van der Waals surface area contributed by atoms with Gasteiger partial charge in [-0.25, -0.2) is 4.98 Å². The van der Waals surface area contributed by atoms with E-state index in [2.05, 4.69) is 43.3 Å². The van der Waals surface area contributed by atoms with Gasteiger partial charge in [-0.15, -0.1) is 0 Å². The average molecular weight is 277 g/mol. The fourth-order valence-electron chi connectivity index (χ4n) is 2.27. The van der Waals surface area contributed by atoms with Crippen molar-refractivity contribution in [2.24, 2.45) is 0 Å². The molecule has 0 radical (unpaired) electrons. The van der Waals surface area contributed by atoms with E-state index in [4.69, 9.17) is 0 Å². The number of nitrogens with zero attached hydrogens (tertiary/aromatic N) is 3. The lowest BCUT2D eigenvalue weighted by Gasteiger charge is -2.03. The average Bonchev–Trinajstić information content (AvgIpc) is 3.17. The number of benzene rings is 1. The Morgan fingerprint density at radius 2 is 1.80 bits per heavy atom. The first-order valence-corrected chi connectivity index (χ1v) is 7.27. The standard InChI is InChI=1S/C16H11N3S/c1-2-4-12(5-3-1)15-8-18-16-9-17-14(10-19(15)16)13-6-7-20-11-13/h1-11H. The van der Waals surface area contributed by atoms with Gasteiger partial charge >= 0.3 is 0 Å². The summed E-state index contributed by atoms with van der Waals surface area (Å²) in [5.74, 6) is 0. The van der Waals surface area contributed by atoms with Gasteiger partial charge in [-0.05, 0) is 11.4 Å². The van der Waals surface area contributed by atoms with Crippen LogP contribution in [0.25, 0.3) is 28.2 Å². The van der Waals surface area contributed by atoms with Gasteiger partial charge in [0.05, 0.1) is 23.8 Å². The number of aromatic nitrogens is 3. The first-order valence-electron chi connectivity index (χ1n) is 6.33. The Labute approximate surface area is 120 Å². The zero-order chi connectivity index (χ0) is 13.4. The maximum absolute atomic E-state index is 4.48. The molecule has 4 rings (SSSR count). The second kappa shape index (κ2) is 4.58. The van der Waals surface area contributed by atoms with E-state index < -0.39 is 0 Å². The molecule has 0 spiro atoms. The maximum atomic E-state index is 4.48. The quantitative estimate of drug-likeness (QED) is 0.551. The molecule has 4 aromatic rings. The molecule has 0 aliphatic carbocycles. The van der Waals surface area contributed by atoms with Crippen molar-refractivity contribution in [3.63, 3.8) is 0 Å². The third kappa shape index (κ3) is 1.82. The van der Waals surface area contributed by atoms with Gasteiger partial charge < -0.3 is 0 Å². The molecule has 0 saturated heterocycles. The molecule has 0 bridgehead atoms. The summed E-state index contributed by atoms with van der Waals surface area (Å²) in [6.07, 6.45) is 5.76. The predicted molar refractivity (Wildman–Crippen MR) is 81.7 cm³/mol. The van der Waals surface area contributed by atoms with Gasteiger partial charge in [0.1, 0.15) is 0 Å². The van der Waals surface area contributed by atoms with Crippen LogP contribution in [-0.2, 0) is 0 Å². The normalized spacial score (nSPS) is 11.0. The van der Waals surface area contributed by atoms with Gasteiger partial charge in [-0.2, -0.15) is 11.3 Å². The van der Waals surface area contributed by atoms with Crippen LogP contribution < -0.4 is 0 Å². The molecule has 3 heterocycles. The van der Waals surface area contributed by atoms with E-state index in [9.17, 15) is 0 Å². The van der Waals surface area contributed by atoms with Gasteiger partial charge in [0.2, 0.25) is 0 Å². The molecule has 3 aromatic heterocycles. The minimum atomic E-state index is 0.864. The van der Waals surface area contributed by atoms with Crippen molar-refractivity contribution in [2.75, 3.05) is 0 Å². The molecule has 3 nitrogen and oxygen atoms in total. The highest BCUT2D eigenvalue weighted by atomic mass is 32.1. The minimum Gasteiger partial charge on any atom is -0.296 e. The molecule has 96 valence electrons. The molecule has 0 amide bonds. The van der Waals surface area contributed by atoms with E-state index in [-0.39, 0.29) is 0 Å². The van der Waals surface area contributed by atoms with E-state index in [1.807, 2.05) is 36.8 Å². The lowest BCUT2D eigenvalue weighted by atomic mass is 10.2. The van der Waals surface area contributed by atoms with Crippen molar-refractivity contribution in [1.82, 2.24) is 14.4 Å². The Morgan fingerprint density at radius 1 is 0.900 bits per heavy atom. The van der Waals surface area contributed by atoms with Crippen LogP contribution in [-0.4, -0.2) is 14.4 Å². The predicted octanol–water partition coefficient (Wildman–Crippen LogP) is 4.12. The van der Waals surface area contributed by atoms with Crippen molar-refractivity contribution < 1.29 is 0 Å². The lowest BCUT2D eigenvalue weighted by Crippen LogP contribution is -1.92. The minimum absolute atomic E-state index is 0.864. The van der Waals surface area contributed by atoms with E-state index in [0.717, 1.165) is 28.2 Å². The topological polar surface area (TPSA) is 30.2 Å². The van der Waals surface area contributed by atoms with E-state index in [1.165, 1.54) is 0 Å². The van der Waals surface area contributed by atoms with Crippen molar-refractivity contribution >= 4 is 17.0 Å². The molecule has 1 aromatic carbocycles. The van der Waals surface area contributed by atoms with E-state index >= 15 is 0 Å². The van der Waals surface area contributed by atoms with Crippen LogP contribution in [0.5, 0.6) is 0 Å². The summed E-state index contributed by atoms with van der Waals surface area (Å²) in [7, 11) is 0. The first-order chi connectivity index (χ1) is 9.92. The Balaban J connectivity index is 1.93. The van der Waals surface area contributed by atoms with Gasteiger partial charge in [0, 0.05) is 22.7 Å². The zero-order valence-corrected chi connectivity index (χ0v) is 11.4. The van der Waals surface area contributed by atoms with Crippen LogP contribution in [0.3, 0.4) is 0 Å². The van der Waals surface area contributed by atoms with Crippen LogP contribution in [0.1, 0.15) is 0 Å². The largest absolute Gasteiger partial charge is 0.296 e. The SMILES string of the molecule is c1ccc(-c2cnc3cnc(-c4ccsc4)cn23)cc1. The Bertz CT molecular complexity index is 848. The number of fused-ring (bicyclic) bond motifs is 1. The Hall–Kier alpha value is -2.46. The molecule has 0 N–H and O–H groups in total. The van der Waals surface area contributed by atoms with Crippen LogP contribution >= 0.6 is 11.3 Å². The fourth-order valence-corrected chi connectivity index (χ4v) is 2.92. The highest BCUT2D eigenvalue weighted by Crippen LogP contribution is 2.24. The summed E-state index contributed by atoms with van der Waals surface area (Å²) in [4.78, 5) is 8.90. The molecule has 0 atom stereocenters. The van der Waals surface area contributed by atoms with Gasteiger partial charge in [-0.3, -0.25) is 9.38 Å². The number of thiophene rings is 1. The molecule has 0 saturated carbocycles. The second-order valence-electron chi connectivity index (χ2n) is 4.52. The molecule has 0 aliphatic heterocycles. The molecule has 20 heavy (non-hydrogen) atoms. The Kier molecular flexibility index (Phi) is 2.60. The summed E-state index contributed by atoms with van der Waals surface area (Å²) < 4.78 is 2.09. The van der Waals surface area contributed by atoms with Gasteiger partial charge in [-0.1, -0.05) is 30.3 Å². The molecule has 0 aliphatic rings. The lowest BCUT2D eigenvalue weighted by molar-refractivity contribution is 1.14. The molecule has 4 heteroatoms. The second-order valence-corrected chi connectivity index (χ2v) is 5.30. The third-order valence-corrected chi connectivity index (χ3v) is 3.97. The fraction of sp³-hybridized carbons (Fsp3) is 0. The van der Waals surface area contributed by atoms with Gasteiger partial charge in [0.25, 0.3) is 0 Å². The number of rotatable bonds is 2. The highest BCUT2D eigenvalue weighted by Gasteiger charge is 2.08. The summed E-state index contributed by atoms with van der Waals surface area (Å²) in [6.45, 7) is 0. The zero-order valence-electron chi connectivity index (χ0n) is 10.6. The molecular weight excluding hydrogens is 266 g/mol. The van der Waals surface area contributed by atoms with E-state index in [0.29, 0.717) is 0 Å². The number of hydrogen-bond donors (Lipinski definition) is 0.